The van der Waals surface area contributed by atoms with Crippen LogP contribution in [0.4, 0.5) is 0 Å². The van der Waals surface area contributed by atoms with Gasteiger partial charge < -0.3 is 10.1 Å². The smallest absolute Gasteiger partial charge is 0.244 e. The largest absolute Gasteiger partial charge is 0.495 e. The zero-order valence-corrected chi connectivity index (χ0v) is 18.2. The Kier molecular flexibility index (Phi) is 7.38. The Morgan fingerprint density at radius 1 is 1.06 bits per heavy atom. The van der Waals surface area contributed by atoms with Gasteiger partial charge in [0.1, 0.15) is 16.7 Å². The van der Waals surface area contributed by atoms with Crippen molar-refractivity contribution in [1.29, 1.82) is 0 Å². The first-order valence-electron chi connectivity index (χ1n) is 9.77. The van der Waals surface area contributed by atoms with Crippen molar-refractivity contribution in [3.63, 3.8) is 0 Å². The fourth-order valence-corrected chi connectivity index (χ4v) is 4.54. The van der Waals surface area contributed by atoms with Crippen molar-refractivity contribution in [2.24, 2.45) is 0 Å². The molecule has 0 aliphatic carbocycles. The first-order chi connectivity index (χ1) is 14.9. The van der Waals surface area contributed by atoms with Gasteiger partial charge in [-0.3, -0.25) is 9.78 Å². The van der Waals surface area contributed by atoms with Crippen LogP contribution in [0.1, 0.15) is 16.8 Å². The number of methoxy groups -OCH3 is 1. The second-order valence-corrected chi connectivity index (χ2v) is 8.74. The summed E-state index contributed by atoms with van der Waals surface area (Å²) >= 11 is 0. The Bertz CT molecular complexity index is 1120. The van der Waals surface area contributed by atoms with E-state index in [1.807, 2.05) is 36.4 Å². The zero-order chi connectivity index (χ0) is 22.3. The molecule has 1 amide bonds. The summed E-state index contributed by atoms with van der Waals surface area (Å²) in [4.78, 5) is 17.1. The molecule has 3 aromatic rings. The molecule has 0 unspecified atom stereocenters. The lowest BCUT2D eigenvalue weighted by atomic mass is 10.1. The number of carbonyl (C=O) groups excluding carboxylic acids is 1. The Morgan fingerprint density at radius 3 is 2.48 bits per heavy atom. The summed E-state index contributed by atoms with van der Waals surface area (Å²) in [5, 5.41) is 2.77. The summed E-state index contributed by atoms with van der Waals surface area (Å²) < 4.78 is 34.1. The number of sulfonamides is 1. The SMILES string of the molecule is COc1ccc(C)cc1S(=O)(=O)N[C@@H](Cc1ccccc1)C(=O)NCc1ccccn1. The van der Waals surface area contributed by atoms with E-state index in [1.165, 1.54) is 13.2 Å². The van der Waals surface area contributed by atoms with Crippen LogP contribution in [0.15, 0.2) is 77.8 Å². The number of pyridine rings is 1. The number of benzene rings is 2. The molecule has 0 spiro atoms. The Labute approximate surface area is 182 Å². The number of amides is 1. The topological polar surface area (TPSA) is 97.4 Å². The third-order valence-corrected chi connectivity index (χ3v) is 6.17. The number of carbonyl (C=O) groups is 1. The van der Waals surface area contributed by atoms with Gasteiger partial charge in [0, 0.05) is 6.20 Å². The van der Waals surface area contributed by atoms with Crippen LogP contribution < -0.4 is 14.8 Å². The van der Waals surface area contributed by atoms with E-state index in [0.717, 1.165) is 11.1 Å². The number of aromatic nitrogens is 1. The highest BCUT2D eigenvalue weighted by Gasteiger charge is 2.28. The van der Waals surface area contributed by atoms with Crippen LogP contribution in [-0.4, -0.2) is 32.5 Å². The zero-order valence-electron chi connectivity index (χ0n) is 17.4. The molecule has 0 fully saturated rings. The van der Waals surface area contributed by atoms with Crippen LogP contribution in [-0.2, 0) is 27.8 Å². The molecule has 2 aromatic carbocycles. The first-order valence-corrected chi connectivity index (χ1v) is 11.3. The van der Waals surface area contributed by atoms with E-state index in [0.29, 0.717) is 5.69 Å². The first kappa shape index (κ1) is 22.5. The molecule has 7 nitrogen and oxygen atoms in total. The van der Waals surface area contributed by atoms with Crippen LogP contribution >= 0.6 is 0 Å². The van der Waals surface area contributed by atoms with E-state index >= 15 is 0 Å². The molecule has 31 heavy (non-hydrogen) atoms. The molecular weight excluding hydrogens is 414 g/mol. The minimum atomic E-state index is -4.02. The molecule has 3 rings (SSSR count). The number of ether oxygens (including phenoxy) is 1. The molecule has 1 atom stereocenters. The van der Waals surface area contributed by atoms with Gasteiger partial charge in [0.2, 0.25) is 15.9 Å². The fourth-order valence-electron chi connectivity index (χ4n) is 3.09. The summed E-state index contributed by atoms with van der Waals surface area (Å²) in [5.74, 6) is -0.227. The predicted molar refractivity (Wildman–Crippen MR) is 118 cm³/mol. The normalized spacial score (nSPS) is 12.2. The van der Waals surface area contributed by atoms with Crippen molar-refractivity contribution in [3.05, 3.63) is 89.7 Å². The molecule has 0 saturated heterocycles. The summed E-state index contributed by atoms with van der Waals surface area (Å²) in [6.45, 7) is 1.99. The summed E-state index contributed by atoms with van der Waals surface area (Å²) in [7, 11) is -2.62. The van der Waals surface area contributed by atoms with Crippen molar-refractivity contribution >= 4 is 15.9 Å². The number of rotatable bonds is 9. The molecule has 2 N–H and O–H groups in total. The summed E-state index contributed by atoms with van der Waals surface area (Å²) in [6.07, 6.45) is 1.83. The second-order valence-electron chi connectivity index (χ2n) is 7.06. The van der Waals surface area contributed by atoms with Gasteiger partial charge in [0.15, 0.2) is 0 Å². The lowest BCUT2D eigenvalue weighted by molar-refractivity contribution is -0.122. The number of nitrogens with one attached hydrogen (secondary N) is 2. The predicted octanol–water partition coefficient (Wildman–Crippen LogP) is 2.60. The fraction of sp³-hybridized carbons (Fsp3) is 0.217. The highest BCUT2D eigenvalue weighted by molar-refractivity contribution is 7.89. The maximum atomic E-state index is 13.2. The van der Waals surface area contributed by atoms with Crippen molar-refractivity contribution in [3.8, 4) is 5.75 Å². The monoisotopic (exact) mass is 439 g/mol. The van der Waals surface area contributed by atoms with Gasteiger partial charge in [-0.05, 0) is 48.7 Å². The molecule has 1 aromatic heterocycles. The highest BCUT2D eigenvalue weighted by Crippen LogP contribution is 2.25. The third kappa shape index (κ3) is 6.13. The summed E-state index contributed by atoms with van der Waals surface area (Å²) in [5.41, 5.74) is 2.28. The van der Waals surface area contributed by atoms with Gasteiger partial charge in [-0.2, -0.15) is 4.72 Å². The third-order valence-electron chi connectivity index (χ3n) is 4.68. The van der Waals surface area contributed by atoms with Crippen molar-refractivity contribution in [2.45, 2.75) is 30.8 Å². The van der Waals surface area contributed by atoms with Crippen LogP contribution in [0.5, 0.6) is 5.75 Å². The maximum Gasteiger partial charge on any atom is 0.244 e. The van der Waals surface area contributed by atoms with Crippen LogP contribution in [0.2, 0.25) is 0 Å². The summed E-state index contributed by atoms with van der Waals surface area (Å²) in [6, 6.07) is 18.5. The van der Waals surface area contributed by atoms with Gasteiger partial charge in [-0.15, -0.1) is 0 Å². The van der Waals surface area contributed by atoms with Crippen molar-refractivity contribution < 1.29 is 17.9 Å². The van der Waals surface area contributed by atoms with Crippen molar-refractivity contribution in [2.75, 3.05) is 7.11 Å². The number of nitrogens with zero attached hydrogens (tertiary/aromatic N) is 1. The molecular formula is C23H25N3O4S. The molecule has 162 valence electrons. The molecule has 0 saturated carbocycles. The van der Waals surface area contributed by atoms with E-state index < -0.39 is 22.0 Å². The highest BCUT2D eigenvalue weighted by atomic mass is 32.2. The molecule has 1 heterocycles. The Hall–Kier alpha value is -3.23. The lowest BCUT2D eigenvalue weighted by Gasteiger charge is -2.20. The lowest BCUT2D eigenvalue weighted by Crippen LogP contribution is -2.47. The van der Waals surface area contributed by atoms with Crippen LogP contribution in [0.3, 0.4) is 0 Å². The van der Waals surface area contributed by atoms with Crippen LogP contribution in [0, 0.1) is 6.92 Å². The van der Waals surface area contributed by atoms with Gasteiger partial charge in [0.05, 0.1) is 19.3 Å². The van der Waals surface area contributed by atoms with Gasteiger partial charge in [-0.25, -0.2) is 8.42 Å². The molecule has 0 bridgehead atoms. The second kappa shape index (κ2) is 10.2. The van der Waals surface area contributed by atoms with E-state index in [-0.39, 0.29) is 23.6 Å². The van der Waals surface area contributed by atoms with Gasteiger partial charge in [0.25, 0.3) is 0 Å². The number of hydrogen-bond acceptors (Lipinski definition) is 5. The molecule has 0 aliphatic rings. The average molecular weight is 440 g/mol. The minimum absolute atomic E-state index is 0.00872. The van der Waals surface area contributed by atoms with E-state index in [4.69, 9.17) is 4.74 Å². The Morgan fingerprint density at radius 2 is 1.81 bits per heavy atom. The van der Waals surface area contributed by atoms with Crippen LogP contribution in [0.25, 0.3) is 0 Å². The standard InChI is InChI=1S/C23H25N3O4S/c1-17-11-12-21(30-2)22(14-17)31(28,29)26-20(15-18-8-4-3-5-9-18)23(27)25-16-19-10-6-7-13-24-19/h3-14,20,26H,15-16H2,1-2H3,(H,25,27)/t20-/m0/s1. The average Bonchev–Trinajstić information content (AvgIpc) is 2.78. The molecule has 0 aliphatic heterocycles. The van der Waals surface area contributed by atoms with Gasteiger partial charge in [-0.1, -0.05) is 42.5 Å². The maximum absolute atomic E-state index is 13.2. The quantitative estimate of drug-likeness (QED) is 0.534. The Balaban J connectivity index is 1.85. The number of aryl methyl sites for hydroxylation is 1. The molecule has 8 heteroatoms. The number of hydrogen-bond donors (Lipinski definition) is 2. The van der Waals surface area contributed by atoms with Crippen molar-refractivity contribution in [1.82, 2.24) is 15.0 Å². The van der Waals surface area contributed by atoms with E-state index in [2.05, 4.69) is 15.0 Å². The van der Waals surface area contributed by atoms with Gasteiger partial charge >= 0.3 is 0 Å². The molecule has 0 radical (unpaired) electrons. The minimum Gasteiger partial charge on any atom is -0.495 e. The van der Waals surface area contributed by atoms with E-state index in [1.54, 1.807) is 37.4 Å². The van der Waals surface area contributed by atoms with E-state index in [9.17, 15) is 13.2 Å².